The standard InChI is InChI=1S/C24H31N3O2S/c1-16-11-12-18(15-22(16)30-27(2)19-8-4-3-5-9-19)24(29)26-25-20-14-13-17-7-6-10-21(28)23(17)20/h4,6-9,15-16,18,21,28H,3,5,10-14H2,1-2H3,(H,26,29)/b25-20+. The molecule has 0 aliphatic heterocycles. The molecule has 4 aliphatic carbocycles. The van der Waals surface area contributed by atoms with Gasteiger partial charge in [-0.2, -0.15) is 5.10 Å². The van der Waals surface area contributed by atoms with E-state index in [-0.39, 0.29) is 11.8 Å². The molecule has 30 heavy (non-hydrogen) atoms. The molecule has 5 nitrogen and oxygen atoms in total. The van der Waals surface area contributed by atoms with Gasteiger partial charge in [-0.25, -0.2) is 5.43 Å². The van der Waals surface area contributed by atoms with Gasteiger partial charge in [-0.05, 0) is 74.5 Å². The number of aliphatic hydroxyl groups is 1. The number of aliphatic hydroxyl groups excluding tert-OH is 1. The molecule has 1 amide bonds. The predicted molar refractivity (Wildman–Crippen MR) is 123 cm³/mol. The van der Waals surface area contributed by atoms with Crippen molar-refractivity contribution in [2.24, 2.45) is 16.9 Å². The third kappa shape index (κ3) is 4.65. The first-order chi connectivity index (χ1) is 14.5. The second-order valence-electron chi connectivity index (χ2n) is 8.48. The fourth-order valence-corrected chi connectivity index (χ4v) is 5.53. The van der Waals surface area contributed by atoms with Crippen LogP contribution in [0, 0.1) is 11.8 Å². The molecule has 3 unspecified atom stereocenters. The second kappa shape index (κ2) is 9.40. The molecule has 0 aromatic carbocycles. The summed E-state index contributed by atoms with van der Waals surface area (Å²) in [4.78, 5) is 14.1. The highest BCUT2D eigenvalue weighted by atomic mass is 32.2. The molecule has 0 radical (unpaired) electrons. The number of hydrogen-bond donors (Lipinski definition) is 2. The average Bonchev–Trinajstić information content (AvgIpc) is 3.18. The fourth-order valence-electron chi connectivity index (χ4n) is 4.45. The maximum absolute atomic E-state index is 12.8. The van der Waals surface area contributed by atoms with Crippen molar-refractivity contribution < 1.29 is 9.90 Å². The molecule has 0 saturated carbocycles. The number of amides is 1. The molecule has 6 heteroatoms. The van der Waals surface area contributed by atoms with E-state index >= 15 is 0 Å². The first-order valence-corrected chi connectivity index (χ1v) is 11.7. The third-order valence-electron chi connectivity index (χ3n) is 6.28. The molecule has 160 valence electrons. The Kier molecular flexibility index (Phi) is 6.64. The number of rotatable bonds is 5. The third-order valence-corrected chi connectivity index (χ3v) is 7.51. The van der Waals surface area contributed by atoms with Gasteiger partial charge in [0.2, 0.25) is 5.91 Å². The normalized spacial score (nSPS) is 29.6. The number of likely N-dealkylation sites (N-methyl/N-ethyl adjacent to an activating group) is 1. The zero-order chi connectivity index (χ0) is 21.1. The van der Waals surface area contributed by atoms with Crippen molar-refractivity contribution in [1.29, 1.82) is 0 Å². The summed E-state index contributed by atoms with van der Waals surface area (Å²) in [6, 6.07) is 0. The maximum atomic E-state index is 12.8. The summed E-state index contributed by atoms with van der Waals surface area (Å²) in [5, 5.41) is 14.7. The van der Waals surface area contributed by atoms with E-state index in [1.807, 2.05) is 6.08 Å². The highest BCUT2D eigenvalue weighted by Crippen LogP contribution is 2.38. The minimum absolute atomic E-state index is 0.0539. The van der Waals surface area contributed by atoms with Gasteiger partial charge in [0.05, 0.1) is 17.7 Å². The Morgan fingerprint density at radius 2 is 2.10 bits per heavy atom. The molecule has 2 N–H and O–H groups in total. The Balaban J connectivity index is 1.41. The summed E-state index contributed by atoms with van der Waals surface area (Å²) >= 11 is 1.73. The Bertz CT molecular complexity index is 881. The van der Waals surface area contributed by atoms with Gasteiger partial charge < -0.3 is 9.41 Å². The predicted octanol–water partition coefficient (Wildman–Crippen LogP) is 4.61. The summed E-state index contributed by atoms with van der Waals surface area (Å²) in [5.41, 5.74) is 6.91. The van der Waals surface area contributed by atoms with Crippen LogP contribution in [0.15, 0.2) is 63.3 Å². The van der Waals surface area contributed by atoms with Gasteiger partial charge >= 0.3 is 0 Å². The van der Waals surface area contributed by atoms with E-state index in [4.69, 9.17) is 0 Å². The van der Waals surface area contributed by atoms with Crippen molar-refractivity contribution in [1.82, 2.24) is 9.73 Å². The minimum atomic E-state index is -0.500. The number of hydrogen-bond acceptors (Lipinski definition) is 5. The van der Waals surface area contributed by atoms with Gasteiger partial charge in [-0.1, -0.05) is 37.3 Å². The number of carbonyl (C=O) groups is 1. The zero-order valence-electron chi connectivity index (χ0n) is 17.8. The van der Waals surface area contributed by atoms with Crippen molar-refractivity contribution in [3.63, 3.8) is 0 Å². The smallest absolute Gasteiger partial charge is 0.247 e. The van der Waals surface area contributed by atoms with Gasteiger partial charge in [0.25, 0.3) is 0 Å². The van der Waals surface area contributed by atoms with Crippen LogP contribution in [-0.4, -0.2) is 34.2 Å². The molecule has 0 saturated heterocycles. The van der Waals surface area contributed by atoms with E-state index in [0.29, 0.717) is 12.3 Å². The van der Waals surface area contributed by atoms with Crippen molar-refractivity contribution in [3.8, 4) is 0 Å². The fraction of sp³-hybridized carbons (Fsp3) is 0.500. The Morgan fingerprint density at radius 1 is 1.23 bits per heavy atom. The van der Waals surface area contributed by atoms with Crippen LogP contribution in [0.1, 0.15) is 51.9 Å². The lowest BCUT2D eigenvalue weighted by molar-refractivity contribution is -0.123. The summed E-state index contributed by atoms with van der Waals surface area (Å²) in [6.07, 6.45) is 18.7. The van der Waals surface area contributed by atoms with E-state index in [1.165, 1.54) is 10.6 Å². The lowest BCUT2D eigenvalue weighted by atomic mass is 9.89. The summed E-state index contributed by atoms with van der Waals surface area (Å²) in [6.45, 7) is 2.23. The monoisotopic (exact) mass is 425 g/mol. The van der Waals surface area contributed by atoms with Gasteiger partial charge in [0.1, 0.15) is 0 Å². The van der Waals surface area contributed by atoms with Crippen LogP contribution in [0.3, 0.4) is 0 Å². The maximum Gasteiger partial charge on any atom is 0.247 e. The number of allylic oxidation sites excluding steroid dienone is 6. The SMILES string of the molecule is CC1CCC(C(=O)N/N=C2\CCC3=C2C(O)CC=C3)C=C1SN(C)C1=CCCC=C1. The second-order valence-corrected chi connectivity index (χ2v) is 9.68. The van der Waals surface area contributed by atoms with E-state index < -0.39 is 6.10 Å². The van der Waals surface area contributed by atoms with Crippen molar-refractivity contribution in [2.45, 2.75) is 58.0 Å². The molecule has 0 spiro atoms. The van der Waals surface area contributed by atoms with E-state index in [0.717, 1.165) is 55.4 Å². The van der Waals surface area contributed by atoms with Gasteiger partial charge in [0, 0.05) is 23.2 Å². The highest BCUT2D eigenvalue weighted by Gasteiger charge is 2.29. The van der Waals surface area contributed by atoms with Crippen molar-refractivity contribution in [3.05, 3.63) is 58.2 Å². The lowest BCUT2D eigenvalue weighted by Gasteiger charge is -2.29. The Morgan fingerprint density at radius 3 is 2.90 bits per heavy atom. The van der Waals surface area contributed by atoms with Crippen LogP contribution < -0.4 is 5.43 Å². The number of nitrogens with one attached hydrogen (secondary N) is 1. The number of hydrazone groups is 1. The Hall–Kier alpha value is -2.05. The molecule has 0 heterocycles. The van der Waals surface area contributed by atoms with Crippen LogP contribution in [0.25, 0.3) is 0 Å². The molecule has 0 bridgehead atoms. The van der Waals surface area contributed by atoms with Gasteiger partial charge in [-0.3, -0.25) is 4.79 Å². The molecule has 4 aliphatic rings. The number of nitrogens with zero attached hydrogens (tertiary/aromatic N) is 2. The molecule has 0 aromatic heterocycles. The molecular weight excluding hydrogens is 394 g/mol. The zero-order valence-corrected chi connectivity index (χ0v) is 18.6. The van der Waals surface area contributed by atoms with Crippen LogP contribution in [-0.2, 0) is 4.79 Å². The Labute approximate surface area is 183 Å². The first-order valence-electron chi connectivity index (χ1n) is 11.0. The van der Waals surface area contributed by atoms with Crippen molar-refractivity contribution in [2.75, 3.05) is 7.05 Å². The van der Waals surface area contributed by atoms with Crippen LogP contribution in [0.2, 0.25) is 0 Å². The van der Waals surface area contributed by atoms with Gasteiger partial charge in [0.15, 0.2) is 0 Å². The van der Waals surface area contributed by atoms with E-state index in [1.54, 1.807) is 11.9 Å². The molecule has 4 rings (SSSR count). The quantitative estimate of drug-likeness (QED) is 0.499. The summed E-state index contributed by atoms with van der Waals surface area (Å²) in [5.74, 6) is 0.234. The molecular formula is C24H31N3O2S. The van der Waals surface area contributed by atoms with Crippen LogP contribution >= 0.6 is 11.9 Å². The number of carbonyl (C=O) groups excluding carboxylic acids is 1. The molecule has 0 fully saturated rings. The van der Waals surface area contributed by atoms with Crippen LogP contribution in [0.4, 0.5) is 0 Å². The topological polar surface area (TPSA) is 64.9 Å². The van der Waals surface area contributed by atoms with Gasteiger partial charge in [-0.15, -0.1) is 0 Å². The van der Waals surface area contributed by atoms with Crippen LogP contribution in [0.5, 0.6) is 0 Å². The van der Waals surface area contributed by atoms with E-state index in [9.17, 15) is 9.90 Å². The minimum Gasteiger partial charge on any atom is -0.388 e. The molecule has 0 aromatic rings. The largest absolute Gasteiger partial charge is 0.388 e. The summed E-state index contributed by atoms with van der Waals surface area (Å²) in [7, 11) is 2.09. The summed E-state index contributed by atoms with van der Waals surface area (Å²) < 4.78 is 2.20. The average molecular weight is 426 g/mol. The molecule has 3 atom stereocenters. The lowest BCUT2D eigenvalue weighted by Crippen LogP contribution is -2.30. The van der Waals surface area contributed by atoms with E-state index in [2.05, 4.69) is 59.2 Å². The first kappa shape index (κ1) is 21.2. The highest BCUT2D eigenvalue weighted by molar-refractivity contribution is 8.01. The van der Waals surface area contributed by atoms with Crippen molar-refractivity contribution >= 4 is 23.6 Å².